The Morgan fingerprint density at radius 3 is 2.57 bits per heavy atom. The number of hydrogen-bond acceptors (Lipinski definition) is 9. The Morgan fingerprint density at radius 2 is 1.81 bits per heavy atom. The van der Waals surface area contributed by atoms with Gasteiger partial charge in [0.05, 0.1) is 24.4 Å². The van der Waals surface area contributed by atoms with Crippen molar-refractivity contribution in [2.24, 2.45) is 11.1 Å². The van der Waals surface area contributed by atoms with Crippen LogP contribution in [0.15, 0.2) is 72.9 Å². The third-order valence-electron chi connectivity index (χ3n) is 6.40. The van der Waals surface area contributed by atoms with Crippen molar-refractivity contribution in [2.75, 3.05) is 11.9 Å². The van der Waals surface area contributed by atoms with E-state index in [0.29, 0.717) is 28.3 Å². The van der Waals surface area contributed by atoms with E-state index >= 15 is 0 Å². The predicted molar refractivity (Wildman–Crippen MR) is 135 cm³/mol. The molecule has 37 heavy (non-hydrogen) atoms. The Hall–Kier alpha value is -3.68. The number of ketones is 1. The summed E-state index contributed by atoms with van der Waals surface area (Å²) in [7, 11) is -4.16. The number of nitrogens with zero attached hydrogens (tertiary/aromatic N) is 3. The Morgan fingerprint density at radius 1 is 1.05 bits per heavy atom. The lowest BCUT2D eigenvalue weighted by atomic mass is 10.0. The van der Waals surface area contributed by atoms with Crippen LogP contribution in [0.25, 0.3) is 16.9 Å². The van der Waals surface area contributed by atoms with E-state index in [9.17, 15) is 23.4 Å². The van der Waals surface area contributed by atoms with E-state index < -0.39 is 34.5 Å². The van der Waals surface area contributed by atoms with E-state index in [1.807, 2.05) is 24.3 Å². The lowest BCUT2D eigenvalue weighted by Crippen LogP contribution is -2.36. The first-order valence-corrected chi connectivity index (χ1v) is 13.0. The van der Waals surface area contributed by atoms with Crippen molar-refractivity contribution in [3.8, 4) is 11.3 Å². The number of fused-ring (bicyclic) bond motifs is 1. The van der Waals surface area contributed by atoms with E-state index in [1.165, 1.54) is 0 Å². The fourth-order valence-corrected chi connectivity index (χ4v) is 4.89. The molecule has 0 unspecified atom stereocenters. The van der Waals surface area contributed by atoms with Gasteiger partial charge in [-0.1, -0.05) is 48.5 Å². The van der Waals surface area contributed by atoms with Crippen molar-refractivity contribution < 1.29 is 27.6 Å². The number of aliphatic hydroxyl groups is 2. The molecule has 192 valence electrons. The van der Waals surface area contributed by atoms with Crippen molar-refractivity contribution in [3.63, 3.8) is 0 Å². The number of nitrogens with one attached hydrogen (secondary N) is 1. The predicted octanol–water partition coefficient (Wildman–Crippen LogP) is 1.37. The number of rotatable bonds is 8. The minimum atomic E-state index is -4.16. The van der Waals surface area contributed by atoms with Crippen LogP contribution < -0.4 is 10.5 Å². The van der Waals surface area contributed by atoms with E-state index in [1.54, 1.807) is 53.2 Å². The minimum Gasteiger partial charge on any atom is -0.390 e. The molecule has 2 aromatic carbocycles. The molecule has 1 saturated carbocycles. The molecule has 1 aliphatic carbocycles. The molecule has 0 amide bonds. The number of anilines is 1. The van der Waals surface area contributed by atoms with Crippen LogP contribution in [0.4, 0.5) is 5.82 Å². The highest BCUT2D eigenvalue weighted by Crippen LogP contribution is 2.30. The van der Waals surface area contributed by atoms with Gasteiger partial charge in [-0.3, -0.25) is 8.98 Å². The largest absolute Gasteiger partial charge is 0.390 e. The van der Waals surface area contributed by atoms with E-state index in [2.05, 4.69) is 19.6 Å². The molecule has 1 aliphatic rings. The molecule has 12 heteroatoms. The number of carbonyl (C=O) groups excluding carboxylic acids is 1. The van der Waals surface area contributed by atoms with Crippen molar-refractivity contribution in [1.29, 1.82) is 0 Å². The lowest BCUT2D eigenvalue weighted by Gasteiger charge is -2.19. The smallest absolute Gasteiger partial charge is 0.333 e. The summed E-state index contributed by atoms with van der Waals surface area (Å²) < 4.78 is 28.4. The van der Waals surface area contributed by atoms with Crippen molar-refractivity contribution in [3.05, 3.63) is 84.1 Å². The summed E-state index contributed by atoms with van der Waals surface area (Å²) in [5.41, 5.74) is 2.98. The summed E-state index contributed by atoms with van der Waals surface area (Å²) >= 11 is 0. The zero-order valence-corrected chi connectivity index (χ0v) is 20.3. The van der Waals surface area contributed by atoms with E-state index in [0.717, 1.165) is 5.56 Å². The highest BCUT2D eigenvalue weighted by Gasteiger charge is 2.42. The molecule has 5 N–H and O–H groups in total. The molecule has 0 spiro atoms. The second kappa shape index (κ2) is 10.00. The van der Waals surface area contributed by atoms with Gasteiger partial charge in [-0.05, 0) is 18.6 Å². The standard InChI is InChI=1S/C25H25N5O6S/c26-37(34,35)36-14-18-12-20(25(33)24(18)32)28-21-9-10-27-22-13-19(29-30(21)22)16-7-4-8-17(11-16)23(31)15-5-2-1-3-6-15/h1-11,13,18,20,24-25,28,32-33H,12,14H2,(H2,26,34,35)/t18-,20-,24-,25+/m1/s1. The molecular weight excluding hydrogens is 498 g/mol. The first-order valence-electron chi connectivity index (χ1n) is 11.5. The summed E-state index contributed by atoms with van der Waals surface area (Å²) in [4.78, 5) is 17.2. The highest BCUT2D eigenvalue weighted by molar-refractivity contribution is 7.84. The van der Waals surface area contributed by atoms with Gasteiger partial charge in [-0.25, -0.2) is 10.1 Å². The van der Waals surface area contributed by atoms with Gasteiger partial charge in [0.1, 0.15) is 11.9 Å². The van der Waals surface area contributed by atoms with Crippen molar-refractivity contribution in [1.82, 2.24) is 14.6 Å². The van der Waals surface area contributed by atoms with Crippen LogP contribution >= 0.6 is 0 Å². The number of hydrogen-bond donors (Lipinski definition) is 4. The maximum absolute atomic E-state index is 12.9. The average Bonchev–Trinajstić information content (AvgIpc) is 3.45. The molecule has 0 saturated heterocycles. The topological polar surface area (TPSA) is 169 Å². The van der Waals surface area contributed by atoms with Crippen molar-refractivity contribution in [2.45, 2.75) is 24.7 Å². The van der Waals surface area contributed by atoms with Gasteiger partial charge in [0.25, 0.3) is 0 Å². The summed E-state index contributed by atoms with van der Waals surface area (Å²) in [5, 5.41) is 33.6. The van der Waals surface area contributed by atoms with Gasteiger partial charge < -0.3 is 15.5 Å². The molecule has 4 aromatic rings. The van der Waals surface area contributed by atoms with Gasteiger partial charge in [0.15, 0.2) is 11.4 Å². The molecule has 2 heterocycles. The molecule has 11 nitrogen and oxygen atoms in total. The van der Waals surface area contributed by atoms with Crippen molar-refractivity contribution >= 4 is 27.6 Å². The first kappa shape index (κ1) is 25.0. The lowest BCUT2D eigenvalue weighted by molar-refractivity contribution is 0.00777. The molecule has 5 rings (SSSR count). The summed E-state index contributed by atoms with van der Waals surface area (Å²) in [5.74, 6) is -0.222. The Kier molecular flexibility index (Phi) is 6.75. The minimum absolute atomic E-state index is 0.0959. The average molecular weight is 524 g/mol. The third kappa shape index (κ3) is 5.38. The highest BCUT2D eigenvalue weighted by atomic mass is 32.2. The third-order valence-corrected chi connectivity index (χ3v) is 6.86. The molecule has 4 atom stereocenters. The van der Waals surface area contributed by atoms with Crippen LogP contribution in [-0.4, -0.2) is 63.9 Å². The Balaban J connectivity index is 1.38. The summed E-state index contributed by atoms with van der Waals surface area (Å²) in [6.07, 6.45) is -0.556. The quantitative estimate of drug-likeness (QED) is 0.249. The van der Waals surface area contributed by atoms with Gasteiger partial charge in [-0.2, -0.15) is 18.0 Å². The zero-order valence-electron chi connectivity index (χ0n) is 19.5. The number of aromatic nitrogens is 3. The van der Waals surface area contributed by atoms with Crippen LogP contribution in [0.1, 0.15) is 22.3 Å². The second-order valence-corrected chi connectivity index (χ2v) is 10.1. The molecule has 0 radical (unpaired) electrons. The van der Waals surface area contributed by atoms with Gasteiger partial charge in [0.2, 0.25) is 0 Å². The fourth-order valence-electron chi connectivity index (χ4n) is 4.53. The van der Waals surface area contributed by atoms with Crippen LogP contribution in [0.5, 0.6) is 0 Å². The van der Waals surface area contributed by atoms with E-state index in [-0.39, 0.29) is 18.8 Å². The van der Waals surface area contributed by atoms with Crippen LogP contribution in [0, 0.1) is 5.92 Å². The molecule has 0 aliphatic heterocycles. The Bertz CT molecular complexity index is 1540. The molecule has 2 aromatic heterocycles. The molecule has 0 bridgehead atoms. The normalized spacial score (nSPS) is 21.8. The van der Waals surface area contributed by atoms with Gasteiger partial charge in [0, 0.05) is 34.9 Å². The van der Waals surface area contributed by atoms with Gasteiger partial charge >= 0.3 is 10.3 Å². The number of carbonyl (C=O) groups is 1. The maximum Gasteiger partial charge on any atom is 0.333 e. The fraction of sp³-hybridized carbons (Fsp3) is 0.240. The Labute approximate surface area is 212 Å². The summed E-state index contributed by atoms with van der Waals surface area (Å²) in [6.45, 7) is -0.342. The number of aliphatic hydroxyl groups excluding tert-OH is 2. The van der Waals surface area contributed by atoms with Crippen LogP contribution in [-0.2, 0) is 14.5 Å². The van der Waals surface area contributed by atoms with Crippen LogP contribution in [0.2, 0.25) is 0 Å². The van der Waals surface area contributed by atoms with E-state index in [4.69, 9.17) is 5.14 Å². The summed E-state index contributed by atoms with van der Waals surface area (Å²) in [6, 6.07) is 19.0. The number of nitrogens with two attached hydrogens (primary N) is 1. The van der Waals surface area contributed by atoms with Gasteiger partial charge in [-0.15, -0.1) is 0 Å². The number of benzene rings is 2. The SMILES string of the molecule is NS(=O)(=O)OC[C@H]1C[C@@H](Nc2ccnc3cc(-c4cccc(C(=O)c5ccccc5)c4)nn23)[C@H](O)[C@@H]1O. The first-order chi connectivity index (χ1) is 17.7. The maximum atomic E-state index is 12.9. The molecular formula is C25H25N5O6S. The monoisotopic (exact) mass is 523 g/mol. The molecule has 1 fully saturated rings. The van der Waals surface area contributed by atoms with Crippen LogP contribution in [0.3, 0.4) is 0 Å². The zero-order chi connectivity index (χ0) is 26.2. The second-order valence-electron chi connectivity index (χ2n) is 8.91.